The molecular weight excluding hydrogens is 286 g/mol. The Balaban J connectivity index is 2.63. The fourth-order valence-corrected chi connectivity index (χ4v) is 2.60. The zero-order chi connectivity index (χ0) is 15.6. The Morgan fingerprint density at radius 3 is 2.71 bits per heavy atom. The van der Waals surface area contributed by atoms with E-state index >= 15 is 0 Å². The van der Waals surface area contributed by atoms with Crippen LogP contribution in [-0.2, 0) is 0 Å². The van der Waals surface area contributed by atoms with E-state index in [2.05, 4.69) is 24.3 Å². The van der Waals surface area contributed by atoms with Crippen LogP contribution in [0.25, 0.3) is 5.69 Å². The summed E-state index contributed by atoms with van der Waals surface area (Å²) in [5.74, 6) is 0.0924. The van der Waals surface area contributed by atoms with Crippen molar-refractivity contribution in [2.24, 2.45) is 0 Å². The normalized spacial score (nSPS) is 11.0. The summed E-state index contributed by atoms with van der Waals surface area (Å²) >= 11 is 6.07. The third-order valence-corrected chi connectivity index (χ3v) is 3.50. The van der Waals surface area contributed by atoms with Crippen molar-refractivity contribution >= 4 is 17.5 Å². The first-order valence-electron chi connectivity index (χ1n) is 7.09. The smallest absolute Gasteiger partial charge is 0.255 e. The molecule has 21 heavy (non-hydrogen) atoms. The highest BCUT2D eigenvalue weighted by Gasteiger charge is 2.23. The molecule has 2 rings (SSSR count). The summed E-state index contributed by atoms with van der Waals surface area (Å²) in [7, 11) is 0. The summed E-state index contributed by atoms with van der Waals surface area (Å²) < 4.78 is 1.82. The van der Waals surface area contributed by atoms with Gasteiger partial charge in [-0.05, 0) is 38.0 Å². The number of aromatic nitrogens is 2. The van der Waals surface area contributed by atoms with E-state index in [1.54, 1.807) is 0 Å². The van der Waals surface area contributed by atoms with Crippen molar-refractivity contribution in [2.75, 3.05) is 6.54 Å². The predicted octanol–water partition coefficient (Wildman–Crippen LogP) is 3.71. The highest BCUT2D eigenvalue weighted by Crippen LogP contribution is 2.26. The van der Waals surface area contributed by atoms with Crippen molar-refractivity contribution in [3.8, 4) is 5.69 Å². The van der Waals surface area contributed by atoms with Crippen LogP contribution in [0.3, 0.4) is 0 Å². The van der Waals surface area contributed by atoms with Gasteiger partial charge in [-0.3, -0.25) is 4.79 Å². The molecule has 1 aromatic carbocycles. The number of nitrogens with one attached hydrogen (secondary N) is 1. The molecule has 0 saturated carbocycles. The Kier molecular flexibility index (Phi) is 4.68. The summed E-state index contributed by atoms with van der Waals surface area (Å²) in [5, 5.41) is 8.05. The topological polar surface area (TPSA) is 46.9 Å². The van der Waals surface area contributed by atoms with Gasteiger partial charge < -0.3 is 5.32 Å². The molecule has 2 aromatic rings. The van der Waals surface area contributed by atoms with Crippen molar-refractivity contribution in [3.05, 3.63) is 46.2 Å². The molecule has 0 aliphatic rings. The van der Waals surface area contributed by atoms with Crippen LogP contribution in [0.5, 0.6) is 0 Å². The molecule has 0 atom stereocenters. The van der Waals surface area contributed by atoms with Crippen LogP contribution in [-0.4, -0.2) is 22.2 Å². The number of halogens is 1. The number of rotatable bonds is 4. The molecule has 0 aliphatic carbocycles. The molecule has 1 aromatic heterocycles. The number of carbonyl (C=O) groups is 1. The molecule has 0 saturated heterocycles. The molecule has 0 unspecified atom stereocenters. The Labute approximate surface area is 130 Å². The Bertz CT molecular complexity index is 662. The van der Waals surface area contributed by atoms with Gasteiger partial charge in [0.05, 0.1) is 22.6 Å². The second-order valence-electron chi connectivity index (χ2n) is 5.25. The Morgan fingerprint density at radius 1 is 1.43 bits per heavy atom. The number of amides is 1. The lowest BCUT2D eigenvalue weighted by atomic mass is 10.0. The zero-order valence-electron chi connectivity index (χ0n) is 12.8. The van der Waals surface area contributed by atoms with Gasteiger partial charge in [0.1, 0.15) is 0 Å². The minimum absolute atomic E-state index is 0.0769. The Hall–Kier alpha value is -1.81. The first-order chi connectivity index (χ1) is 9.95. The van der Waals surface area contributed by atoms with Crippen molar-refractivity contribution in [1.82, 2.24) is 15.1 Å². The standard InChI is InChI=1S/C16H20ClN3O/c1-5-18-16(21)14-11(4)19-20(15(14)10(2)3)13-8-6-7-12(17)9-13/h6-10H,5H2,1-4H3,(H,18,21). The van der Waals surface area contributed by atoms with Gasteiger partial charge in [-0.15, -0.1) is 0 Å². The van der Waals surface area contributed by atoms with Crippen molar-refractivity contribution in [2.45, 2.75) is 33.6 Å². The van der Waals surface area contributed by atoms with Gasteiger partial charge in [0.15, 0.2) is 0 Å². The fraction of sp³-hybridized carbons (Fsp3) is 0.375. The molecule has 0 aliphatic heterocycles. The van der Waals surface area contributed by atoms with Gasteiger partial charge in [0, 0.05) is 11.6 Å². The SMILES string of the molecule is CCNC(=O)c1c(C)nn(-c2cccc(Cl)c2)c1C(C)C. The van der Waals surface area contributed by atoms with Gasteiger partial charge in [-0.25, -0.2) is 4.68 Å². The van der Waals surface area contributed by atoms with E-state index in [0.717, 1.165) is 17.1 Å². The van der Waals surface area contributed by atoms with Crippen LogP contribution in [0.15, 0.2) is 24.3 Å². The summed E-state index contributed by atoms with van der Waals surface area (Å²) in [5.41, 5.74) is 3.15. The van der Waals surface area contributed by atoms with Gasteiger partial charge in [-0.2, -0.15) is 5.10 Å². The lowest BCUT2D eigenvalue weighted by Gasteiger charge is -2.13. The zero-order valence-corrected chi connectivity index (χ0v) is 13.5. The molecule has 0 bridgehead atoms. The molecule has 0 fully saturated rings. The van der Waals surface area contributed by atoms with E-state index in [1.165, 1.54) is 0 Å². The molecule has 1 heterocycles. The van der Waals surface area contributed by atoms with E-state index < -0.39 is 0 Å². The number of hydrogen-bond donors (Lipinski definition) is 1. The van der Waals surface area contributed by atoms with Gasteiger partial charge in [-0.1, -0.05) is 31.5 Å². The number of nitrogens with zero attached hydrogens (tertiary/aromatic N) is 2. The van der Waals surface area contributed by atoms with Crippen LogP contribution in [0.4, 0.5) is 0 Å². The maximum absolute atomic E-state index is 12.3. The predicted molar refractivity (Wildman–Crippen MR) is 85.4 cm³/mol. The van der Waals surface area contributed by atoms with Crippen molar-refractivity contribution < 1.29 is 4.79 Å². The number of aryl methyl sites for hydroxylation is 1. The minimum Gasteiger partial charge on any atom is -0.352 e. The highest BCUT2D eigenvalue weighted by atomic mass is 35.5. The molecule has 1 amide bonds. The van der Waals surface area contributed by atoms with Gasteiger partial charge in [0.2, 0.25) is 0 Å². The summed E-state index contributed by atoms with van der Waals surface area (Å²) in [6.45, 7) is 8.47. The van der Waals surface area contributed by atoms with E-state index in [0.29, 0.717) is 17.1 Å². The third-order valence-electron chi connectivity index (χ3n) is 3.26. The molecule has 0 spiro atoms. The second-order valence-corrected chi connectivity index (χ2v) is 5.69. The van der Waals surface area contributed by atoms with Crippen LogP contribution < -0.4 is 5.32 Å². The number of benzene rings is 1. The van der Waals surface area contributed by atoms with E-state index in [-0.39, 0.29) is 11.8 Å². The maximum atomic E-state index is 12.3. The monoisotopic (exact) mass is 305 g/mol. The third kappa shape index (κ3) is 3.10. The first kappa shape index (κ1) is 15.6. The molecular formula is C16H20ClN3O. The molecule has 0 radical (unpaired) electrons. The summed E-state index contributed by atoms with van der Waals surface area (Å²) in [6, 6.07) is 7.48. The first-order valence-corrected chi connectivity index (χ1v) is 7.47. The van der Waals surface area contributed by atoms with Crippen LogP contribution in [0.2, 0.25) is 5.02 Å². The highest BCUT2D eigenvalue weighted by molar-refractivity contribution is 6.30. The molecule has 1 N–H and O–H groups in total. The van der Waals surface area contributed by atoms with Crippen LogP contribution in [0, 0.1) is 6.92 Å². The number of carbonyl (C=O) groups excluding carboxylic acids is 1. The summed E-state index contributed by atoms with van der Waals surface area (Å²) in [4.78, 5) is 12.3. The number of hydrogen-bond acceptors (Lipinski definition) is 2. The van der Waals surface area contributed by atoms with Crippen molar-refractivity contribution in [3.63, 3.8) is 0 Å². The lowest BCUT2D eigenvalue weighted by Crippen LogP contribution is -2.24. The molecule has 5 heteroatoms. The quantitative estimate of drug-likeness (QED) is 0.936. The summed E-state index contributed by atoms with van der Waals surface area (Å²) in [6.07, 6.45) is 0. The Morgan fingerprint density at radius 2 is 2.14 bits per heavy atom. The van der Waals surface area contributed by atoms with Crippen LogP contribution >= 0.6 is 11.6 Å². The average Bonchev–Trinajstić information content (AvgIpc) is 2.77. The van der Waals surface area contributed by atoms with E-state index in [9.17, 15) is 4.79 Å². The van der Waals surface area contributed by atoms with Crippen LogP contribution in [0.1, 0.15) is 48.4 Å². The van der Waals surface area contributed by atoms with Crippen molar-refractivity contribution in [1.29, 1.82) is 0 Å². The van der Waals surface area contributed by atoms with E-state index in [1.807, 2.05) is 42.8 Å². The van der Waals surface area contributed by atoms with Gasteiger partial charge >= 0.3 is 0 Å². The second kappa shape index (κ2) is 6.31. The average molecular weight is 306 g/mol. The minimum atomic E-state index is -0.0769. The van der Waals surface area contributed by atoms with Gasteiger partial charge in [0.25, 0.3) is 5.91 Å². The van der Waals surface area contributed by atoms with E-state index in [4.69, 9.17) is 11.6 Å². The molecule has 112 valence electrons. The fourth-order valence-electron chi connectivity index (χ4n) is 2.41. The molecule has 4 nitrogen and oxygen atoms in total. The largest absolute Gasteiger partial charge is 0.352 e. The lowest BCUT2D eigenvalue weighted by molar-refractivity contribution is 0.0954. The maximum Gasteiger partial charge on any atom is 0.255 e.